The largest absolute Gasteiger partial charge is 0.444 e. The molecule has 1 fully saturated rings. The smallest absolute Gasteiger partial charge is 0.416 e. The fourth-order valence-electron chi connectivity index (χ4n) is 3.09. The molecular formula is C20H26F3N3O4. The van der Waals surface area contributed by atoms with Crippen molar-refractivity contribution < 1.29 is 32.3 Å². The summed E-state index contributed by atoms with van der Waals surface area (Å²) in [6.45, 7) is 7.00. The predicted molar refractivity (Wildman–Crippen MR) is 103 cm³/mol. The number of nitrogens with zero attached hydrogens (tertiary/aromatic N) is 1. The first-order chi connectivity index (χ1) is 13.8. The third-order valence-corrected chi connectivity index (χ3v) is 4.43. The monoisotopic (exact) mass is 429 g/mol. The van der Waals surface area contributed by atoms with Crippen molar-refractivity contribution in [3.05, 3.63) is 35.4 Å². The minimum absolute atomic E-state index is 0.134. The van der Waals surface area contributed by atoms with Gasteiger partial charge in [-0.25, -0.2) is 4.79 Å². The van der Waals surface area contributed by atoms with Crippen LogP contribution in [0, 0.1) is 0 Å². The molecule has 1 aliphatic heterocycles. The van der Waals surface area contributed by atoms with Gasteiger partial charge in [0.2, 0.25) is 5.91 Å². The van der Waals surface area contributed by atoms with Crippen LogP contribution in [0.3, 0.4) is 0 Å². The van der Waals surface area contributed by atoms with E-state index in [0.29, 0.717) is 6.42 Å². The Morgan fingerprint density at radius 2 is 1.87 bits per heavy atom. The van der Waals surface area contributed by atoms with Crippen molar-refractivity contribution in [2.24, 2.45) is 0 Å². The van der Waals surface area contributed by atoms with Gasteiger partial charge in [-0.05, 0) is 52.3 Å². The van der Waals surface area contributed by atoms with Crippen LogP contribution >= 0.6 is 0 Å². The van der Waals surface area contributed by atoms with E-state index in [0.717, 1.165) is 18.2 Å². The van der Waals surface area contributed by atoms with Crippen LogP contribution in [0.2, 0.25) is 0 Å². The molecule has 0 aliphatic carbocycles. The molecule has 0 spiro atoms. The van der Waals surface area contributed by atoms with E-state index < -0.39 is 41.8 Å². The summed E-state index contributed by atoms with van der Waals surface area (Å²) in [5, 5.41) is 5.02. The second-order valence-corrected chi connectivity index (χ2v) is 8.24. The number of nitrogens with one attached hydrogen (secondary N) is 2. The van der Waals surface area contributed by atoms with Crippen LogP contribution in [0.25, 0.3) is 0 Å². The van der Waals surface area contributed by atoms with E-state index in [1.807, 2.05) is 6.92 Å². The second-order valence-electron chi connectivity index (χ2n) is 8.24. The van der Waals surface area contributed by atoms with Crippen molar-refractivity contribution in [3.8, 4) is 0 Å². The van der Waals surface area contributed by atoms with Crippen LogP contribution in [-0.4, -0.2) is 53.6 Å². The Kier molecular flexibility index (Phi) is 6.99. The molecule has 7 nitrogen and oxygen atoms in total. The lowest BCUT2D eigenvalue weighted by atomic mass is 10.1. The van der Waals surface area contributed by atoms with Crippen LogP contribution in [0.1, 0.15) is 50.0 Å². The highest BCUT2D eigenvalue weighted by Gasteiger charge is 2.35. The van der Waals surface area contributed by atoms with Crippen molar-refractivity contribution in [2.45, 2.75) is 58.0 Å². The zero-order valence-electron chi connectivity index (χ0n) is 17.3. The molecule has 1 aromatic carbocycles. The van der Waals surface area contributed by atoms with Gasteiger partial charge >= 0.3 is 12.3 Å². The van der Waals surface area contributed by atoms with E-state index in [1.165, 1.54) is 11.0 Å². The fraction of sp³-hybridized carbons (Fsp3) is 0.550. The van der Waals surface area contributed by atoms with Gasteiger partial charge in [0.15, 0.2) is 0 Å². The molecule has 2 N–H and O–H groups in total. The number of halogens is 3. The SMILES string of the molecule is CC1C[C@@H](NC(=O)CNC(=O)c2cccc(C(F)(F)F)c2)CN1C(=O)OC(C)(C)C. The molecule has 1 aliphatic rings. The number of carbonyl (C=O) groups excluding carboxylic acids is 3. The van der Waals surface area contributed by atoms with Gasteiger partial charge in [0.1, 0.15) is 5.60 Å². The summed E-state index contributed by atoms with van der Waals surface area (Å²) in [7, 11) is 0. The summed E-state index contributed by atoms with van der Waals surface area (Å²) in [5.74, 6) is -1.29. The van der Waals surface area contributed by atoms with E-state index in [9.17, 15) is 27.6 Å². The zero-order valence-corrected chi connectivity index (χ0v) is 17.3. The van der Waals surface area contributed by atoms with Crippen molar-refractivity contribution in [1.82, 2.24) is 15.5 Å². The Bertz CT molecular complexity index is 805. The van der Waals surface area contributed by atoms with Crippen LogP contribution in [0.15, 0.2) is 24.3 Å². The summed E-state index contributed by atoms with van der Waals surface area (Å²) in [6.07, 6.45) is -4.51. The normalized spacial score (nSPS) is 19.4. The Balaban J connectivity index is 1.85. The van der Waals surface area contributed by atoms with Gasteiger partial charge in [0.25, 0.3) is 5.91 Å². The van der Waals surface area contributed by atoms with Gasteiger partial charge in [-0.2, -0.15) is 13.2 Å². The molecule has 166 valence electrons. The summed E-state index contributed by atoms with van der Waals surface area (Å²) in [4.78, 5) is 37.9. The first kappa shape index (κ1) is 23.5. The molecule has 2 atom stereocenters. The number of carbonyl (C=O) groups is 3. The Morgan fingerprint density at radius 3 is 2.47 bits per heavy atom. The third kappa shape index (κ3) is 6.64. The summed E-state index contributed by atoms with van der Waals surface area (Å²) >= 11 is 0. The molecule has 0 saturated carbocycles. The molecule has 1 saturated heterocycles. The van der Waals surface area contributed by atoms with E-state index in [2.05, 4.69) is 10.6 Å². The maximum atomic E-state index is 12.8. The lowest BCUT2D eigenvalue weighted by Crippen LogP contribution is -2.44. The number of ether oxygens (including phenoxy) is 1. The van der Waals surface area contributed by atoms with Crippen molar-refractivity contribution in [1.29, 1.82) is 0 Å². The molecule has 1 unspecified atom stereocenters. The molecule has 0 radical (unpaired) electrons. The highest BCUT2D eigenvalue weighted by molar-refractivity contribution is 5.96. The quantitative estimate of drug-likeness (QED) is 0.771. The molecular weight excluding hydrogens is 403 g/mol. The van der Waals surface area contributed by atoms with Crippen LogP contribution in [-0.2, 0) is 15.7 Å². The Labute approximate surface area is 172 Å². The average molecular weight is 429 g/mol. The number of alkyl halides is 3. The average Bonchev–Trinajstić information content (AvgIpc) is 2.98. The van der Waals surface area contributed by atoms with Gasteiger partial charge in [-0.15, -0.1) is 0 Å². The highest BCUT2D eigenvalue weighted by Crippen LogP contribution is 2.29. The van der Waals surface area contributed by atoms with Gasteiger partial charge in [0, 0.05) is 24.2 Å². The van der Waals surface area contributed by atoms with E-state index >= 15 is 0 Å². The Hall–Kier alpha value is -2.78. The van der Waals surface area contributed by atoms with Crippen LogP contribution < -0.4 is 10.6 Å². The molecule has 3 amide bonds. The maximum Gasteiger partial charge on any atom is 0.416 e. The van der Waals surface area contributed by atoms with Crippen molar-refractivity contribution in [2.75, 3.05) is 13.1 Å². The standard InChI is InChI=1S/C20H26F3N3O4/c1-12-8-15(11-26(12)18(29)30-19(2,3)4)25-16(27)10-24-17(28)13-6-5-7-14(9-13)20(21,22)23/h5-7,9,12,15H,8,10-11H2,1-4H3,(H,24,28)(H,25,27)/t12?,15-/m1/s1. The molecule has 0 bridgehead atoms. The third-order valence-electron chi connectivity index (χ3n) is 4.43. The first-order valence-electron chi connectivity index (χ1n) is 9.50. The maximum absolute atomic E-state index is 12.8. The molecule has 1 aromatic rings. The van der Waals surface area contributed by atoms with Crippen LogP contribution in [0.5, 0.6) is 0 Å². The molecule has 10 heteroatoms. The number of benzene rings is 1. The van der Waals surface area contributed by atoms with Gasteiger partial charge in [0.05, 0.1) is 12.1 Å². The summed E-state index contributed by atoms with van der Waals surface area (Å²) < 4.78 is 43.6. The van der Waals surface area contributed by atoms with E-state index in [1.54, 1.807) is 20.8 Å². The number of hydrogen-bond donors (Lipinski definition) is 2. The van der Waals surface area contributed by atoms with E-state index in [4.69, 9.17) is 4.74 Å². The van der Waals surface area contributed by atoms with Crippen LogP contribution in [0.4, 0.5) is 18.0 Å². The fourth-order valence-corrected chi connectivity index (χ4v) is 3.09. The van der Waals surface area contributed by atoms with Crippen molar-refractivity contribution in [3.63, 3.8) is 0 Å². The number of rotatable bonds is 4. The Morgan fingerprint density at radius 1 is 1.20 bits per heavy atom. The van der Waals surface area contributed by atoms with Gasteiger partial charge < -0.3 is 20.3 Å². The molecule has 30 heavy (non-hydrogen) atoms. The van der Waals surface area contributed by atoms with Gasteiger partial charge in [-0.1, -0.05) is 6.07 Å². The lowest BCUT2D eigenvalue weighted by molar-refractivity contribution is -0.137. The zero-order chi connectivity index (χ0) is 22.7. The topological polar surface area (TPSA) is 87.7 Å². The summed E-state index contributed by atoms with van der Waals surface area (Å²) in [6, 6.07) is 3.50. The number of hydrogen-bond acceptors (Lipinski definition) is 4. The highest BCUT2D eigenvalue weighted by atomic mass is 19.4. The molecule has 2 rings (SSSR count). The lowest BCUT2D eigenvalue weighted by Gasteiger charge is -2.26. The summed E-state index contributed by atoms with van der Waals surface area (Å²) in [5.41, 5.74) is -1.77. The molecule has 0 aromatic heterocycles. The van der Waals surface area contributed by atoms with Crippen molar-refractivity contribution >= 4 is 17.9 Å². The minimum Gasteiger partial charge on any atom is -0.444 e. The second kappa shape index (κ2) is 8.93. The van der Waals surface area contributed by atoms with Gasteiger partial charge in [-0.3, -0.25) is 9.59 Å². The number of likely N-dealkylation sites (tertiary alicyclic amines) is 1. The molecule has 1 heterocycles. The first-order valence-corrected chi connectivity index (χ1v) is 9.50. The van der Waals surface area contributed by atoms with E-state index in [-0.39, 0.29) is 24.2 Å². The number of amides is 3. The predicted octanol–water partition coefficient (Wildman–Crippen LogP) is 2.95. The minimum atomic E-state index is -4.56.